The Morgan fingerprint density at radius 2 is 1.39 bits per heavy atom. The molecule has 2 rings (SSSR count). The third kappa shape index (κ3) is 2.17. The van der Waals surface area contributed by atoms with Gasteiger partial charge in [-0.2, -0.15) is 0 Å². The first-order valence-electron chi connectivity index (χ1n) is 5.96. The van der Waals surface area contributed by atoms with Crippen molar-refractivity contribution in [2.24, 2.45) is 0 Å². The third-order valence-corrected chi connectivity index (χ3v) is 3.13. The molecular formula is C16H18O2. The van der Waals surface area contributed by atoms with Gasteiger partial charge in [0, 0.05) is 25.3 Å². The highest BCUT2D eigenvalue weighted by atomic mass is 16.7. The zero-order chi connectivity index (χ0) is 13.0. The van der Waals surface area contributed by atoms with E-state index in [1.807, 2.05) is 42.5 Å². The van der Waals surface area contributed by atoms with Crippen molar-refractivity contribution in [1.29, 1.82) is 0 Å². The summed E-state index contributed by atoms with van der Waals surface area (Å²) in [6.45, 7) is 2.06. The Balaban J connectivity index is 2.57. The van der Waals surface area contributed by atoms with Gasteiger partial charge in [-0.1, -0.05) is 60.2 Å². The largest absolute Gasteiger partial charge is 0.346 e. The van der Waals surface area contributed by atoms with Crippen LogP contribution in [0.1, 0.15) is 16.7 Å². The lowest BCUT2D eigenvalue weighted by atomic mass is 9.96. The topological polar surface area (TPSA) is 18.5 Å². The first kappa shape index (κ1) is 12.8. The monoisotopic (exact) mass is 242 g/mol. The smallest absolute Gasteiger partial charge is 0.221 e. The molecule has 0 aliphatic rings. The van der Waals surface area contributed by atoms with Crippen LogP contribution in [0, 0.1) is 6.92 Å². The molecule has 2 aromatic carbocycles. The molecule has 0 spiro atoms. The SMILES string of the molecule is COC(OC)(c1ccccc1)c1cccc(C)c1. The second-order valence-corrected chi connectivity index (χ2v) is 4.26. The molecule has 0 radical (unpaired) electrons. The summed E-state index contributed by atoms with van der Waals surface area (Å²) in [7, 11) is 3.33. The Kier molecular flexibility index (Phi) is 3.80. The van der Waals surface area contributed by atoms with Gasteiger partial charge in [0.15, 0.2) is 0 Å². The van der Waals surface area contributed by atoms with Gasteiger partial charge in [-0.25, -0.2) is 0 Å². The number of hydrogen-bond donors (Lipinski definition) is 0. The van der Waals surface area contributed by atoms with Crippen LogP contribution < -0.4 is 0 Å². The number of ether oxygens (including phenoxy) is 2. The summed E-state index contributed by atoms with van der Waals surface area (Å²) in [5, 5.41) is 0. The molecule has 0 aliphatic heterocycles. The Hall–Kier alpha value is -1.64. The molecule has 2 aromatic rings. The van der Waals surface area contributed by atoms with Gasteiger partial charge >= 0.3 is 0 Å². The summed E-state index contributed by atoms with van der Waals surface area (Å²) in [5.41, 5.74) is 3.17. The van der Waals surface area contributed by atoms with Crippen LogP contribution in [0.25, 0.3) is 0 Å². The minimum atomic E-state index is -0.840. The third-order valence-electron chi connectivity index (χ3n) is 3.13. The first-order valence-corrected chi connectivity index (χ1v) is 5.96. The predicted octanol–water partition coefficient (Wildman–Crippen LogP) is 3.49. The summed E-state index contributed by atoms with van der Waals surface area (Å²) in [5.74, 6) is -0.840. The Morgan fingerprint density at radius 1 is 0.778 bits per heavy atom. The van der Waals surface area contributed by atoms with Gasteiger partial charge in [-0.15, -0.1) is 0 Å². The number of aryl methyl sites for hydroxylation is 1. The normalized spacial score (nSPS) is 11.5. The number of hydrogen-bond acceptors (Lipinski definition) is 2. The highest BCUT2D eigenvalue weighted by molar-refractivity contribution is 5.35. The fourth-order valence-electron chi connectivity index (χ4n) is 2.23. The lowest BCUT2D eigenvalue weighted by Gasteiger charge is -2.32. The van der Waals surface area contributed by atoms with Crippen molar-refractivity contribution in [3.63, 3.8) is 0 Å². The Morgan fingerprint density at radius 3 is 1.94 bits per heavy atom. The standard InChI is InChI=1S/C16H18O2/c1-13-8-7-11-15(12-13)16(17-2,18-3)14-9-5-4-6-10-14/h4-12H,1-3H3. The number of methoxy groups -OCH3 is 2. The lowest BCUT2D eigenvalue weighted by Crippen LogP contribution is -2.32. The van der Waals surface area contributed by atoms with Gasteiger partial charge in [0.05, 0.1) is 0 Å². The molecule has 0 atom stereocenters. The highest BCUT2D eigenvalue weighted by Gasteiger charge is 2.34. The summed E-state index contributed by atoms with van der Waals surface area (Å²) in [6.07, 6.45) is 0. The minimum absolute atomic E-state index is 0.840. The van der Waals surface area contributed by atoms with Crippen molar-refractivity contribution < 1.29 is 9.47 Å². The van der Waals surface area contributed by atoms with Gasteiger partial charge in [-0.3, -0.25) is 0 Å². The van der Waals surface area contributed by atoms with Gasteiger partial charge in [0.2, 0.25) is 5.79 Å². The molecule has 0 saturated heterocycles. The van der Waals surface area contributed by atoms with E-state index in [4.69, 9.17) is 9.47 Å². The van der Waals surface area contributed by atoms with E-state index in [9.17, 15) is 0 Å². The summed E-state index contributed by atoms with van der Waals surface area (Å²) < 4.78 is 11.4. The molecule has 0 N–H and O–H groups in total. The molecule has 0 amide bonds. The maximum absolute atomic E-state index is 5.69. The molecular weight excluding hydrogens is 224 g/mol. The molecule has 18 heavy (non-hydrogen) atoms. The molecule has 2 heteroatoms. The quantitative estimate of drug-likeness (QED) is 0.764. The minimum Gasteiger partial charge on any atom is -0.346 e. The van der Waals surface area contributed by atoms with E-state index in [2.05, 4.69) is 19.1 Å². The molecule has 0 bridgehead atoms. The molecule has 0 fully saturated rings. The maximum Gasteiger partial charge on any atom is 0.221 e. The molecule has 0 aromatic heterocycles. The fraction of sp³-hybridized carbons (Fsp3) is 0.250. The molecule has 0 unspecified atom stereocenters. The van der Waals surface area contributed by atoms with E-state index in [0.717, 1.165) is 11.1 Å². The van der Waals surface area contributed by atoms with Crippen LogP contribution in [-0.4, -0.2) is 14.2 Å². The van der Waals surface area contributed by atoms with Crippen molar-refractivity contribution in [1.82, 2.24) is 0 Å². The van der Waals surface area contributed by atoms with Crippen LogP contribution in [0.15, 0.2) is 54.6 Å². The molecule has 0 heterocycles. The van der Waals surface area contributed by atoms with E-state index in [1.165, 1.54) is 5.56 Å². The summed E-state index contributed by atoms with van der Waals surface area (Å²) >= 11 is 0. The number of rotatable bonds is 4. The number of benzene rings is 2. The van der Waals surface area contributed by atoms with Crippen LogP contribution in [0.3, 0.4) is 0 Å². The zero-order valence-electron chi connectivity index (χ0n) is 11.0. The van der Waals surface area contributed by atoms with Gasteiger partial charge in [0.1, 0.15) is 0 Å². The summed E-state index contributed by atoms with van der Waals surface area (Å²) in [4.78, 5) is 0. The van der Waals surface area contributed by atoms with Gasteiger partial charge < -0.3 is 9.47 Å². The fourth-order valence-corrected chi connectivity index (χ4v) is 2.23. The van der Waals surface area contributed by atoms with Crippen LogP contribution >= 0.6 is 0 Å². The molecule has 94 valence electrons. The van der Waals surface area contributed by atoms with E-state index < -0.39 is 5.79 Å². The molecule has 0 saturated carbocycles. The van der Waals surface area contributed by atoms with Crippen molar-refractivity contribution in [2.75, 3.05) is 14.2 Å². The maximum atomic E-state index is 5.69. The van der Waals surface area contributed by atoms with E-state index >= 15 is 0 Å². The van der Waals surface area contributed by atoms with Crippen LogP contribution in [0.2, 0.25) is 0 Å². The Labute approximate surface area is 108 Å². The van der Waals surface area contributed by atoms with Crippen LogP contribution in [0.4, 0.5) is 0 Å². The van der Waals surface area contributed by atoms with Gasteiger partial charge in [0.25, 0.3) is 0 Å². The highest BCUT2D eigenvalue weighted by Crippen LogP contribution is 2.34. The molecule has 2 nitrogen and oxygen atoms in total. The van der Waals surface area contributed by atoms with Crippen molar-refractivity contribution in [3.8, 4) is 0 Å². The Bertz CT molecular complexity index is 502. The predicted molar refractivity (Wildman–Crippen MR) is 72.4 cm³/mol. The second-order valence-electron chi connectivity index (χ2n) is 4.26. The average Bonchev–Trinajstić information content (AvgIpc) is 2.42. The molecule has 0 aliphatic carbocycles. The van der Waals surface area contributed by atoms with Crippen LogP contribution in [0.5, 0.6) is 0 Å². The lowest BCUT2D eigenvalue weighted by molar-refractivity contribution is -0.183. The van der Waals surface area contributed by atoms with E-state index in [1.54, 1.807) is 14.2 Å². The van der Waals surface area contributed by atoms with E-state index in [-0.39, 0.29) is 0 Å². The van der Waals surface area contributed by atoms with Gasteiger partial charge in [-0.05, 0) is 6.92 Å². The van der Waals surface area contributed by atoms with Crippen molar-refractivity contribution in [3.05, 3.63) is 71.3 Å². The van der Waals surface area contributed by atoms with E-state index in [0.29, 0.717) is 0 Å². The zero-order valence-corrected chi connectivity index (χ0v) is 11.0. The van der Waals surface area contributed by atoms with Crippen molar-refractivity contribution >= 4 is 0 Å². The second kappa shape index (κ2) is 5.34. The first-order chi connectivity index (χ1) is 8.73. The van der Waals surface area contributed by atoms with Crippen LogP contribution in [-0.2, 0) is 15.3 Å². The average molecular weight is 242 g/mol. The van der Waals surface area contributed by atoms with Crippen molar-refractivity contribution in [2.45, 2.75) is 12.7 Å². The summed E-state index contributed by atoms with van der Waals surface area (Å²) in [6, 6.07) is 18.1.